The van der Waals surface area contributed by atoms with Crippen molar-refractivity contribution in [1.82, 2.24) is 9.47 Å². The van der Waals surface area contributed by atoms with Crippen LogP contribution in [0.2, 0.25) is 0 Å². The molecule has 1 aliphatic heterocycles. The first-order valence-electron chi connectivity index (χ1n) is 11.0. The van der Waals surface area contributed by atoms with Crippen molar-refractivity contribution in [1.29, 1.82) is 0 Å². The molecule has 0 spiro atoms. The van der Waals surface area contributed by atoms with E-state index in [1.54, 1.807) is 0 Å². The van der Waals surface area contributed by atoms with Gasteiger partial charge in [-0.05, 0) is 63.4 Å². The second-order valence-electron chi connectivity index (χ2n) is 8.31. The number of nitrogens with zero attached hydrogens (tertiary/aromatic N) is 3. The zero-order chi connectivity index (χ0) is 21.8. The summed E-state index contributed by atoms with van der Waals surface area (Å²) in [6.07, 6.45) is -1.65. The van der Waals surface area contributed by atoms with Gasteiger partial charge < -0.3 is 30.4 Å². The molecule has 168 valence electrons. The monoisotopic (exact) mass is 422 g/mol. The first-order valence-corrected chi connectivity index (χ1v) is 11.0. The molecule has 0 radical (unpaired) electrons. The van der Waals surface area contributed by atoms with Crippen LogP contribution in [0.4, 0.5) is 0 Å². The van der Waals surface area contributed by atoms with Gasteiger partial charge in [-0.2, -0.15) is 0 Å². The van der Waals surface area contributed by atoms with Crippen LogP contribution < -0.4 is 4.57 Å². The van der Waals surface area contributed by atoms with E-state index >= 15 is 0 Å². The highest BCUT2D eigenvalue weighted by molar-refractivity contribution is 5.73. The summed E-state index contributed by atoms with van der Waals surface area (Å²) in [7, 11) is 0. The van der Waals surface area contributed by atoms with Gasteiger partial charge in [-0.1, -0.05) is 6.07 Å². The number of aryl methyl sites for hydroxylation is 2. The molecule has 1 aromatic heterocycles. The summed E-state index contributed by atoms with van der Waals surface area (Å²) in [4.78, 5) is 2.07. The third-order valence-corrected chi connectivity index (χ3v) is 6.41. The number of aliphatic hydroxyl groups excluding tert-OH is 5. The molecular formula is C22H36N3O5+. The van der Waals surface area contributed by atoms with E-state index in [2.05, 4.69) is 52.4 Å². The summed E-state index contributed by atoms with van der Waals surface area (Å²) in [5.74, 6) is 0.449. The number of aromatic nitrogens is 2. The zero-order valence-electron chi connectivity index (χ0n) is 17.9. The van der Waals surface area contributed by atoms with Crippen molar-refractivity contribution < 1.29 is 30.1 Å². The molecule has 0 bridgehead atoms. The highest BCUT2D eigenvalue weighted by Crippen LogP contribution is 2.30. The quantitative estimate of drug-likeness (QED) is 0.351. The molecule has 4 atom stereocenters. The molecule has 0 amide bonds. The van der Waals surface area contributed by atoms with E-state index in [9.17, 15) is 20.4 Å². The molecule has 8 heteroatoms. The van der Waals surface area contributed by atoms with E-state index in [0.717, 1.165) is 39.0 Å². The van der Waals surface area contributed by atoms with E-state index in [4.69, 9.17) is 5.11 Å². The Labute approximate surface area is 177 Å². The van der Waals surface area contributed by atoms with Gasteiger partial charge in [0.1, 0.15) is 18.3 Å². The van der Waals surface area contributed by atoms with Crippen LogP contribution in [-0.4, -0.2) is 85.7 Å². The Morgan fingerprint density at radius 2 is 1.70 bits per heavy atom. The molecule has 8 nitrogen and oxygen atoms in total. The number of aliphatic hydroxyl groups is 5. The average Bonchev–Trinajstić information content (AvgIpc) is 3.15. The highest BCUT2D eigenvalue weighted by atomic mass is 16.4. The minimum atomic E-state index is -1.57. The molecule has 1 fully saturated rings. The maximum absolute atomic E-state index is 10.2. The van der Waals surface area contributed by atoms with Crippen LogP contribution in [0.25, 0.3) is 11.0 Å². The fraction of sp³-hybridized carbons (Fsp3) is 0.682. The number of piperidine rings is 1. The Hall–Kier alpha value is -1.55. The van der Waals surface area contributed by atoms with Crippen LogP contribution in [0.3, 0.4) is 0 Å². The largest absolute Gasteiger partial charge is 0.394 e. The van der Waals surface area contributed by atoms with Crippen molar-refractivity contribution in [3.05, 3.63) is 30.1 Å². The molecule has 1 aliphatic rings. The molecule has 2 aromatic rings. The van der Waals surface area contributed by atoms with Crippen molar-refractivity contribution in [2.24, 2.45) is 0 Å². The standard InChI is InChI=1S/C22H36N3O5/c1-3-24-14-25(4-2)18-11-16(5-6-17(18)24)15-7-9-23(10-8-15)12-19(27)21(29)22(30)20(28)13-26/h5-6,11,14-15,19-22,26-30H,3-4,7-10,12-13H2,1-2H3/q+1/t19-,20+,21+,22+/m0/s1. The van der Waals surface area contributed by atoms with Crippen molar-refractivity contribution in [3.8, 4) is 0 Å². The van der Waals surface area contributed by atoms with Crippen LogP contribution in [0.15, 0.2) is 24.5 Å². The number of likely N-dealkylation sites (tertiary alicyclic amines) is 1. The Morgan fingerprint density at radius 3 is 2.30 bits per heavy atom. The zero-order valence-corrected chi connectivity index (χ0v) is 17.9. The maximum Gasteiger partial charge on any atom is 0.244 e. The summed E-state index contributed by atoms with van der Waals surface area (Å²) in [6.45, 7) is 7.31. The summed E-state index contributed by atoms with van der Waals surface area (Å²) < 4.78 is 4.54. The number of hydrogen-bond donors (Lipinski definition) is 5. The summed E-state index contributed by atoms with van der Waals surface area (Å²) in [5, 5.41) is 48.4. The smallest absolute Gasteiger partial charge is 0.244 e. The summed E-state index contributed by atoms with van der Waals surface area (Å²) in [6, 6.07) is 6.73. The second-order valence-corrected chi connectivity index (χ2v) is 8.31. The lowest BCUT2D eigenvalue weighted by atomic mass is 9.89. The molecule has 0 aliphatic carbocycles. The first-order chi connectivity index (χ1) is 14.4. The van der Waals surface area contributed by atoms with E-state index in [1.807, 2.05) is 0 Å². The van der Waals surface area contributed by atoms with Gasteiger partial charge in [-0.25, -0.2) is 9.13 Å². The molecule has 30 heavy (non-hydrogen) atoms. The van der Waals surface area contributed by atoms with Crippen molar-refractivity contribution in [2.75, 3.05) is 26.2 Å². The van der Waals surface area contributed by atoms with Crippen molar-refractivity contribution in [3.63, 3.8) is 0 Å². The topological polar surface area (TPSA) is 113 Å². The van der Waals surface area contributed by atoms with Gasteiger partial charge >= 0.3 is 0 Å². The molecule has 0 saturated carbocycles. The Kier molecular flexibility index (Phi) is 7.84. The van der Waals surface area contributed by atoms with Gasteiger partial charge in [0, 0.05) is 6.54 Å². The Bertz CT molecular complexity index is 818. The predicted molar refractivity (Wildman–Crippen MR) is 113 cm³/mol. The molecule has 0 unspecified atom stereocenters. The molecule has 2 heterocycles. The number of imidazole rings is 1. The maximum atomic E-state index is 10.2. The van der Waals surface area contributed by atoms with Crippen LogP contribution in [0, 0.1) is 0 Å². The van der Waals surface area contributed by atoms with Gasteiger partial charge in [0.2, 0.25) is 6.33 Å². The van der Waals surface area contributed by atoms with E-state index in [-0.39, 0.29) is 6.54 Å². The average molecular weight is 423 g/mol. The molecule has 1 aromatic carbocycles. The molecule has 5 N–H and O–H groups in total. The number of hydrogen-bond acceptors (Lipinski definition) is 6. The van der Waals surface area contributed by atoms with Gasteiger partial charge in [-0.15, -0.1) is 0 Å². The minimum absolute atomic E-state index is 0.220. The van der Waals surface area contributed by atoms with Crippen LogP contribution in [0.1, 0.15) is 38.2 Å². The van der Waals surface area contributed by atoms with Crippen LogP contribution in [-0.2, 0) is 13.1 Å². The predicted octanol–water partition coefficient (Wildman–Crippen LogP) is -0.416. The van der Waals surface area contributed by atoms with E-state index in [0.29, 0.717) is 5.92 Å². The van der Waals surface area contributed by atoms with Crippen LogP contribution >= 0.6 is 0 Å². The third-order valence-electron chi connectivity index (χ3n) is 6.41. The lowest BCUT2D eigenvalue weighted by Gasteiger charge is -2.35. The van der Waals surface area contributed by atoms with Crippen molar-refractivity contribution >= 4 is 11.0 Å². The van der Waals surface area contributed by atoms with Gasteiger partial charge in [-0.3, -0.25) is 0 Å². The Balaban J connectivity index is 1.60. The molecule has 3 rings (SSSR count). The summed E-state index contributed by atoms with van der Waals surface area (Å²) >= 11 is 0. The normalized spacial score (nSPS) is 20.4. The van der Waals surface area contributed by atoms with Gasteiger partial charge in [0.15, 0.2) is 11.0 Å². The van der Waals surface area contributed by atoms with E-state index in [1.165, 1.54) is 16.6 Å². The fourth-order valence-electron chi connectivity index (χ4n) is 4.45. The second kappa shape index (κ2) is 10.2. The first kappa shape index (κ1) is 23.1. The summed E-state index contributed by atoms with van der Waals surface area (Å²) in [5.41, 5.74) is 3.84. The number of β-amino-alcohol motifs (C(OH)–C–C–N with tert-alkyl or cyclic N) is 1. The SMILES string of the molecule is CCn1c[n+](CC)c2ccc(C3CCN(C[C@H](O)[C@@H](O)[C@H](O)[C@H](O)CO)CC3)cc21. The minimum Gasteiger partial charge on any atom is -0.394 e. The van der Waals surface area contributed by atoms with Gasteiger partial charge in [0.05, 0.1) is 25.8 Å². The van der Waals surface area contributed by atoms with E-state index < -0.39 is 31.0 Å². The number of rotatable bonds is 9. The lowest BCUT2D eigenvalue weighted by molar-refractivity contribution is -0.668. The van der Waals surface area contributed by atoms with Crippen molar-refractivity contribution in [2.45, 2.75) is 70.1 Å². The molecular weight excluding hydrogens is 386 g/mol. The number of benzene rings is 1. The lowest BCUT2D eigenvalue weighted by Crippen LogP contribution is -2.50. The third kappa shape index (κ3) is 4.85. The van der Waals surface area contributed by atoms with Gasteiger partial charge in [0.25, 0.3) is 0 Å². The molecule has 1 saturated heterocycles. The fourth-order valence-corrected chi connectivity index (χ4v) is 4.45. The Morgan fingerprint density at radius 1 is 1.03 bits per heavy atom. The number of fused-ring (bicyclic) bond motifs is 1. The highest BCUT2D eigenvalue weighted by Gasteiger charge is 2.32. The van der Waals surface area contributed by atoms with Crippen LogP contribution in [0.5, 0.6) is 0 Å².